The van der Waals surface area contributed by atoms with Crippen molar-refractivity contribution in [2.45, 2.75) is 88.8 Å². The van der Waals surface area contributed by atoms with Crippen molar-refractivity contribution in [3.8, 4) is 22.3 Å². The van der Waals surface area contributed by atoms with Crippen molar-refractivity contribution < 1.29 is 37.8 Å². The maximum atomic E-state index is 13.7. The van der Waals surface area contributed by atoms with E-state index in [2.05, 4.69) is 43.1 Å². The summed E-state index contributed by atoms with van der Waals surface area (Å²) in [4.78, 5) is 64.3. The molecule has 10 rings (SSSR count). The standard InChI is InChI=1S/C30H35N5O5.C25H27N5O3/c1-30(2,3)39-29(37)34-16-8-11-23(18-34)27-31-26(33-40-27)25-17-24(32-38-4)19-35(25)28(36)22-14-12-21(13-15-22)20-9-6-5-7-10-20;1-32-28-21-14-22(23-27-24(33-29-23)20-8-5-13-26-15-20)30(16-21)25(31)19-11-9-18(10-12-19)17-6-3-2-4-7-17/h5-7,9-10,12-15,23,25H,8,11,16-19H2,1-4H3;2-4,6-7,9-12,20,22,26H,5,8,13-16H2,1H3/t23-,25+;20-,22+/m11/s1. The molecule has 0 bridgehead atoms. The predicted octanol–water partition coefficient (Wildman–Crippen LogP) is 9.23. The monoisotopic (exact) mass is 990 g/mol. The molecule has 2 aromatic heterocycles. The number of carbonyl (C=O) groups is 3. The number of amides is 3. The Morgan fingerprint density at radius 3 is 1.55 bits per heavy atom. The molecule has 6 heterocycles. The largest absolute Gasteiger partial charge is 0.444 e. The van der Waals surface area contributed by atoms with Gasteiger partial charge in [-0.05, 0) is 99.5 Å². The summed E-state index contributed by atoms with van der Waals surface area (Å²) >= 11 is 0. The van der Waals surface area contributed by atoms with Crippen LogP contribution in [-0.2, 0) is 14.4 Å². The van der Waals surface area contributed by atoms with Crippen molar-refractivity contribution in [3.63, 3.8) is 0 Å². The van der Waals surface area contributed by atoms with Crippen LogP contribution in [0.5, 0.6) is 0 Å². The van der Waals surface area contributed by atoms with E-state index in [4.69, 9.17) is 28.4 Å². The van der Waals surface area contributed by atoms with Crippen LogP contribution >= 0.6 is 0 Å². The van der Waals surface area contributed by atoms with Crippen LogP contribution in [-0.4, -0.2) is 123 Å². The summed E-state index contributed by atoms with van der Waals surface area (Å²) in [7, 11) is 3.00. The van der Waals surface area contributed by atoms with E-state index < -0.39 is 11.6 Å². The number of ether oxygens (including phenoxy) is 1. The van der Waals surface area contributed by atoms with Gasteiger partial charge in [0.2, 0.25) is 11.8 Å². The summed E-state index contributed by atoms with van der Waals surface area (Å²) in [6.07, 6.45) is 4.34. The van der Waals surface area contributed by atoms with Crippen LogP contribution in [0.3, 0.4) is 0 Å². The van der Waals surface area contributed by atoms with Crippen LogP contribution < -0.4 is 5.32 Å². The third-order valence-corrected chi connectivity index (χ3v) is 13.3. The number of hydrogen-bond donors (Lipinski definition) is 1. The van der Waals surface area contributed by atoms with E-state index >= 15 is 0 Å². The van der Waals surface area contributed by atoms with Crippen LogP contribution in [0.25, 0.3) is 22.3 Å². The molecule has 4 saturated heterocycles. The van der Waals surface area contributed by atoms with Crippen LogP contribution in [0.4, 0.5) is 4.79 Å². The minimum absolute atomic E-state index is 0.0911. The van der Waals surface area contributed by atoms with Crippen molar-refractivity contribution in [1.29, 1.82) is 0 Å². The second kappa shape index (κ2) is 22.8. The molecule has 18 nitrogen and oxygen atoms in total. The van der Waals surface area contributed by atoms with Gasteiger partial charge in [0.05, 0.1) is 36.3 Å². The lowest BCUT2D eigenvalue weighted by atomic mass is 9.98. The lowest BCUT2D eigenvalue weighted by Gasteiger charge is -2.32. The molecular formula is C55H62N10O8. The Bertz CT molecular complexity index is 2870. The molecule has 0 spiro atoms. The van der Waals surface area contributed by atoms with Gasteiger partial charge in [0.25, 0.3) is 11.8 Å². The molecule has 18 heteroatoms. The number of benzene rings is 4. The maximum absolute atomic E-state index is 13.7. The van der Waals surface area contributed by atoms with Gasteiger partial charge in [-0.1, -0.05) is 106 Å². The van der Waals surface area contributed by atoms with Crippen LogP contribution in [0.15, 0.2) is 129 Å². The molecule has 4 fully saturated rings. The third kappa shape index (κ3) is 12.1. The zero-order chi connectivity index (χ0) is 50.9. The van der Waals surface area contributed by atoms with Crippen molar-refractivity contribution in [2.24, 2.45) is 10.3 Å². The number of piperidine rings is 2. The highest BCUT2D eigenvalue weighted by atomic mass is 16.6. The Kier molecular flexibility index (Phi) is 15.7. The van der Waals surface area contributed by atoms with Crippen molar-refractivity contribution >= 4 is 29.3 Å². The van der Waals surface area contributed by atoms with E-state index in [-0.39, 0.29) is 35.8 Å². The Morgan fingerprint density at radius 2 is 1.10 bits per heavy atom. The van der Waals surface area contributed by atoms with E-state index in [1.165, 1.54) is 14.2 Å². The zero-order valence-corrected chi connectivity index (χ0v) is 42.0. The predicted molar refractivity (Wildman–Crippen MR) is 273 cm³/mol. The van der Waals surface area contributed by atoms with E-state index in [0.29, 0.717) is 73.6 Å². The summed E-state index contributed by atoms with van der Waals surface area (Å²) < 4.78 is 16.8. The van der Waals surface area contributed by atoms with Gasteiger partial charge in [-0.2, -0.15) is 9.97 Å². The molecule has 0 unspecified atom stereocenters. The molecule has 73 heavy (non-hydrogen) atoms. The first-order chi connectivity index (χ1) is 35.4. The second-order valence-electron chi connectivity index (χ2n) is 19.7. The highest BCUT2D eigenvalue weighted by molar-refractivity contribution is 6.01. The molecule has 3 amide bonds. The number of hydrogen-bond acceptors (Lipinski definition) is 15. The minimum Gasteiger partial charge on any atom is -0.444 e. The van der Waals surface area contributed by atoms with Gasteiger partial charge in [0.15, 0.2) is 11.6 Å². The maximum Gasteiger partial charge on any atom is 0.410 e. The van der Waals surface area contributed by atoms with Gasteiger partial charge in [-0.3, -0.25) is 9.59 Å². The Labute approximate surface area is 424 Å². The average Bonchev–Trinajstić information content (AvgIpc) is 4.27. The van der Waals surface area contributed by atoms with Gasteiger partial charge in [0.1, 0.15) is 31.9 Å². The molecule has 0 aliphatic carbocycles. The Hall–Kier alpha value is -7.73. The number of nitrogens with zero attached hydrogens (tertiary/aromatic N) is 9. The highest BCUT2D eigenvalue weighted by Crippen LogP contribution is 2.35. The SMILES string of the molecule is CON=C1C[C@@H](c2noc([C@@H]3CCCN(C(=O)OC(C)(C)C)C3)n2)N(C(=O)c2ccc(-c3ccccc3)cc2)C1.CON=C1C[C@@H](c2noc([C@@H]3CCCNC3)n2)N(C(=O)c2ccc(-c3ccccc3)cc2)C1. The third-order valence-electron chi connectivity index (χ3n) is 13.3. The van der Waals surface area contributed by atoms with E-state index in [1.807, 2.05) is 118 Å². The molecule has 0 saturated carbocycles. The fourth-order valence-corrected chi connectivity index (χ4v) is 9.72. The summed E-state index contributed by atoms with van der Waals surface area (Å²) in [6.45, 7) is 9.13. The van der Waals surface area contributed by atoms with E-state index in [0.717, 1.165) is 72.4 Å². The molecule has 4 aromatic carbocycles. The first-order valence-electron chi connectivity index (χ1n) is 24.9. The van der Waals surface area contributed by atoms with Crippen LogP contribution in [0.2, 0.25) is 0 Å². The first-order valence-corrected chi connectivity index (χ1v) is 24.9. The summed E-state index contributed by atoms with van der Waals surface area (Å²) in [5, 5.41) is 20.1. The molecule has 1 N–H and O–H groups in total. The molecule has 6 aromatic rings. The number of rotatable bonds is 10. The number of oxime groups is 2. The fourth-order valence-electron chi connectivity index (χ4n) is 9.72. The van der Waals surface area contributed by atoms with Crippen molar-refractivity contribution in [2.75, 3.05) is 53.5 Å². The number of likely N-dealkylation sites (tertiary alicyclic amines) is 3. The quantitative estimate of drug-likeness (QED) is 0.127. The normalized spacial score (nSPS) is 21.2. The lowest BCUT2D eigenvalue weighted by Crippen LogP contribution is -2.42. The van der Waals surface area contributed by atoms with E-state index in [9.17, 15) is 14.4 Å². The van der Waals surface area contributed by atoms with Crippen LogP contribution in [0.1, 0.15) is 127 Å². The summed E-state index contributed by atoms with van der Waals surface area (Å²) in [5.41, 5.74) is 6.41. The first kappa shape index (κ1) is 50.2. The highest BCUT2D eigenvalue weighted by Gasteiger charge is 2.41. The zero-order valence-electron chi connectivity index (χ0n) is 42.0. The molecule has 0 radical (unpaired) electrons. The van der Waals surface area contributed by atoms with Crippen molar-refractivity contribution in [3.05, 3.63) is 144 Å². The van der Waals surface area contributed by atoms with Crippen molar-refractivity contribution in [1.82, 2.24) is 40.3 Å². The number of carbonyl (C=O) groups excluding carboxylic acids is 3. The molecule has 380 valence electrons. The number of aromatic nitrogens is 4. The molecule has 4 aliphatic rings. The summed E-state index contributed by atoms with van der Waals surface area (Å²) in [5.74, 6) is 1.89. The van der Waals surface area contributed by atoms with Gasteiger partial charge in [0, 0.05) is 43.6 Å². The van der Waals surface area contributed by atoms with Crippen LogP contribution in [0, 0.1) is 0 Å². The molecule has 4 atom stereocenters. The van der Waals surface area contributed by atoms with Gasteiger partial charge >= 0.3 is 6.09 Å². The fraction of sp³-hybridized carbons (Fsp3) is 0.400. The molecule has 4 aliphatic heterocycles. The molecular weight excluding hydrogens is 929 g/mol. The van der Waals surface area contributed by atoms with Gasteiger partial charge in [-0.15, -0.1) is 0 Å². The Balaban J connectivity index is 0.000000183. The Morgan fingerprint density at radius 1 is 0.630 bits per heavy atom. The van der Waals surface area contributed by atoms with Gasteiger partial charge in [-0.25, -0.2) is 4.79 Å². The second-order valence-corrected chi connectivity index (χ2v) is 19.7. The minimum atomic E-state index is -0.566. The van der Waals surface area contributed by atoms with E-state index in [1.54, 1.807) is 14.7 Å². The lowest BCUT2D eigenvalue weighted by molar-refractivity contribution is 0.0188. The average molecular weight is 991 g/mol. The smallest absolute Gasteiger partial charge is 0.410 e. The van der Waals surface area contributed by atoms with Gasteiger partial charge < -0.3 is 43.5 Å². The number of nitrogens with one attached hydrogen (secondary N) is 1. The topological polar surface area (TPSA) is 203 Å². The summed E-state index contributed by atoms with van der Waals surface area (Å²) in [6, 6.07) is 34.6.